The molecule has 124 valence electrons. The molecule has 0 aliphatic heterocycles. The lowest BCUT2D eigenvalue weighted by Crippen LogP contribution is -2.30. The summed E-state index contributed by atoms with van der Waals surface area (Å²) in [5.41, 5.74) is 0.626. The van der Waals surface area contributed by atoms with Crippen LogP contribution in [0.15, 0.2) is 18.2 Å². The van der Waals surface area contributed by atoms with E-state index in [1.165, 1.54) is 18.2 Å². The van der Waals surface area contributed by atoms with E-state index in [2.05, 4.69) is 15.5 Å². The lowest BCUT2D eigenvalue weighted by Gasteiger charge is -2.15. The molecule has 3 N–H and O–H groups in total. The molecule has 0 spiro atoms. The molecule has 23 heavy (non-hydrogen) atoms. The summed E-state index contributed by atoms with van der Waals surface area (Å²) in [5, 5.41) is 29.8. The quantitative estimate of drug-likeness (QED) is 0.507. The number of carbonyl (C=O) groups excluding carboxylic acids is 1. The maximum absolute atomic E-state index is 12.3. The van der Waals surface area contributed by atoms with Gasteiger partial charge < -0.3 is 10.4 Å². The molecule has 0 aliphatic rings. The number of amides is 1. The number of nitro groups is 1. The molecular weight excluding hydrogens is 300 g/mol. The number of non-ortho nitro benzene ring substituents is 1. The molecule has 0 fully saturated rings. The molecule has 1 unspecified atom stereocenters. The van der Waals surface area contributed by atoms with Gasteiger partial charge in [-0.05, 0) is 24.8 Å². The first kappa shape index (κ1) is 16.9. The fourth-order valence-electron chi connectivity index (χ4n) is 2.55. The van der Waals surface area contributed by atoms with Crippen molar-refractivity contribution in [3.8, 4) is 0 Å². The maximum Gasteiger partial charge on any atom is 0.272 e. The van der Waals surface area contributed by atoms with Crippen LogP contribution in [-0.4, -0.2) is 39.3 Å². The number of hydrogen-bond donors (Lipinski definition) is 3. The van der Waals surface area contributed by atoms with E-state index >= 15 is 0 Å². The van der Waals surface area contributed by atoms with Gasteiger partial charge in [-0.25, -0.2) is 0 Å². The first-order valence-corrected chi connectivity index (χ1v) is 7.58. The fourth-order valence-corrected chi connectivity index (χ4v) is 2.55. The zero-order valence-electron chi connectivity index (χ0n) is 12.9. The minimum atomic E-state index is -0.507. The van der Waals surface area contributed by atoms with E-state index in [1.54, 1.807) is 0 Å². The van der Waals surface area contributed by atoms with Crippen LogP contribution < -0.4 is 5.32 Å². The minimum Gasteiger partial charge on any atom is -0.396 e. The second kappa shape index (κ2) is 7.68. The maximum atomic E-state index is 12.3. The molecule has 2 aromatic rings. The molecule has 0 radical (unpaired) electrons. The monoisotopic (exact) mass is 320 g/mol. The summed E-state index contributed by atoms with van der Waals surface area (Å²) in [5.74, 6) is -0.177. The van der Waals surface area contributed by atoms with Crippen LogP contribution in [0, 0.1) is 16.0 Å². The molecule has 0 bridgehead atoms. The smallest absolute Gasteiger partial charge is 0.272 e. The fraction of sp³-hybridized carbons (Fsp3) is 0.467. The Morgan fingerprint density at radius 2 is 2.26 bits per heavy atom. The Morgan fingerprint density at radius 1 is 1.48 bits per heavy atom. The Hall–Kier alpha value is -2.48. The molecule has 8 heteroatoms. The molecule has 0 saturated carbocycles. The summed E-state index contributed by atoms with van der Waals surface area (Å²) in [4.78, 5) is 22.6. The van der Waals surface area contributed by atoms with E-state index in [9.17, 15) is 14.9 Å². The molecular formula is C15H20N4O4. The number of H-pyrrole nitrogens is 1. The van der Waals surface area contributed by atoms with E-state index in [4.69, 9.17) is 5.11 Å². The Balaban J connectivity index is 2.14. The van der Waals surface area contributed by atoms with Crippen LogP contribution in [0.4, 0.5) is 5.69 Å². The first-order valence-electron chi connectivity index (χ1n) is 7.58. The highest BCUT2D eigenvalue weighted by molar-refractivity contribution is 6.05. The number of aliphatic hydroxyl groups is 1. The first-order chi connectivity index (χ1) is 11.1. The standard InChI is InChI=1S/C15H20N4O4/c1-2-3-10(6-7-20)9-16-15(21)14-12-8-11(19(22)23)4-5-13(12)17-18-14/h4-5,8,10,20H,2-3,6-7,9H2,1H3,(H,16,21)(H,17,18). The zero-order valence-corrected chi connectivity index (χ0v) is 12.9. The summed E-state index contributed by atoms with van der Waals surface area (Å²) >= 11 is 0. The Labute approximate surface area is 133 Å². The number of benzene rings is 1. The van der Waals surface area contributed by atoms with Crippen LogP contribution in [0.2, 0.25) is 0 Å². The highest BCUT2D eigenvalue weighted by Gasteiger charge is 2.18. The highest BCUT2D eigenvalue weighted by atomic mass is 16.6. The summed E-state index contributed by atoms with van der Waals surface area (Å²) in [6, 6.07) is 4.23. The number of aliphatic hydroxyl groups excluding tert-OH is 1. The third-order valence-corrected chi connectivity index (χ3v) is 3.76. The average Bonchev–Trinajstić information content (AvgIpc) is 2.95. The predicted octanol–water partition coefficient (Wildman–Crippen LogP) is 2.00. The van der Waals surface area contributed by atoms with Crippen molar-refractivity contribution in [1.82, 2.24) is 15.5 Å². The van der Waals surface area contributed by atoms with Gasteiger partial charge in [0.05, 0.1) is 10.4 Å². The van der Waals surface area contributed by atoms with E-state index in [-0.39, 0.29) is 29.8 Å². The molecule has 1 heterocycles. The molecule has 1 atom stereocenters. The van der Waals surface area contributed by atoms with Gasteiger partial charge in [0.15, 0.2) is 5.69 Å². The van der Waals surface area contributed by atoms with E-state index < -0.39 is 4.92 Å². The van der Waals surface area contributed by atoms with E-state index in [0.29, 0.717) is 23.9 Å². The molecule has 1 aromatic heterocycles. The van der Waals surface area contributed by atoms with Crippen LogP contribution in [0.5, 0.6) is 0 Å². The molecule has 1 aromatic carbocycles. The Bertz CT molecular complexity index is 692. The molecule has 0 saturated heterocycles. The molecule has 1 amide bonds. The number of rotatable bonds is 8. The zero-order chi connectivity index (χ0) is 16.8. The average molecular weight is 320 g/mol. The third kappa shape index (κ3) is 4.04. The summed E-state index contributed by atoms with van der Waals surface area (Å²) < 4.78 is 0. The highest BCUT2D eigenvalue weighted by Crippen LogP contribution is 2.22. The summed E-state index contributed by atoms with van der Waals surface area (Å²) in [6.07, 6.45) is 2.51. The number of nitro benzene ring substituents is 1. The number of nitrogens with one attached hydrogen (secondary N) is 2. The second-order valence-electron chi connectivity index (χ2n) is 5.44. The van der Waals surface area contributed by atoms with Crippen LogP contribution in [0.3, 0.4) is 0 Å². The number of carbonyl (C=O) groups is 1. The van der Waals surface area contributed by atoms with E-state index in [1.807, 2.05) is 6.92 Å². The lowest BCUT2D eigenvalue weighted by atomic mass is 10.0. The number of aromatic nitrogens is 2. The lowest BCUT2D eigenvalue weighted by molar-refractivity contribution is -0.384. The number of fused-ring (bicyclic) bond motifs is 1. The largest absolute Gasteiger partial charge is 0.396 e. The van der Waals surface area contributed by atoms with Crippen molar-refractivity contribution in [1.29, 1.82) is 0 Å². The Morgan fingerprint density at radius 3 is 2.91 bits per heavy atom. The van der Waals surface area contributed by atoms with Crippen molar-refractivity contribution in [3.63, 3.8) is 0 Å². The summed E-state index contributed by atoms with van der Waals surface area (Å²) in [7, 11) is 0. The Kier molecular flexibility index (Phi) is 5.64. The van der Waals surface area contributed by atoms with Crippen LogP contribution in [-0.2, 0) is 0 Å². The van der Waals surface area contributed by atoms with Gasteiger partial charge in [0, 0.05) is 30.7 Å². The van der Waals surface area contributed by atoms with Crippen molar-refractivity contribution in [2.24, 2.45) is 5.92 Å². The van der Waals surface area contributed by atoms with E-state index in [0.717, 1.165) is 12.8 Å². The second-order valence-corrected chi connectivity index (χ2v) is 5.44. The van der Waals surface area contributed by atoms with Crippen molar-refractivity contribution in [3.05, 3.63) is 34.0 Å². The number of nitrogens with zero attached hydrogens (tertiary/aromatic N) is 2. The number of hydrogen-bond acceptors (Lipinski definition) is 5. The van der Waals surface area contributed by atoms with Crippen LogP contribution in [0.25, 0.3) is 10.9 Å². The van der Waals surface area contributed by atoms with Crippen molar-refractivity contribution < 1.29 is 14.8 Å². The third-order valence-electron chi connectivity index (χ3n) is 3.76. The van der Waals surface area contributed by atoms with Gasteiger partial charge in [0.25, 0.3) is 11.6 Å². The van der Waals surface area contributed by atoms with Gasteiger partial charge in [0.1, 0.15) is 0 Å². The topological polar surface area (TPSA) is 121 Å². The van der Waals surface area contributed by atoms with Gasteiger partial charge in [-0.2, -0.15) is 5.10 Å². The van der Waals surface area contributed by atoms with Gasteiger partial charge in [0.2, 0.25) is 0 Å². The van der Waals surface area contributed by atoms with Crippen molar-refractivity contribution in [2.75, 3.05) is 13.2 Å². The molecule has 2 rings (SSSR count). The van der Waals surface area contributed by atoms with Gasteiger partial charge >= 0.3 is 0 Å². The molecule has 8 nitrogen and oxygen atoms in total. The van der Waals surface area contributed by atoms with Crippen LogP contribution >= 0.6 is 0 Å². The number of aromatic amines is 1. The predicted molar refractivity (Wildman–Crippen MR) is 85.2 cm³/mol. The van der Waals surface area contributed by atoms with Gasteiger partial charge in [-0.3, -0.25) is 20.0 Å². The van der Waals surface area contributed by atoms with Crippen LogP contribution in [0.1, 0.15) is 36.7 Å². The summed E-state index contributed by atoms with van der Waals surface area (Å²) in [6.45, 7) is 2.57. The van der Waals surface area contributed by atoms with Crippen molar-refractivity contribution >= 4 is 22.5 Å². The normalized spacial score (nSPS) is 12.3. The molecule has 0 aliphatic carbocycles. The van der Waals surface area contributed by atoms with Crippen molar-refractivity contribution in [2.45, 2.75) is 26.2 Å². The minimum absolute atomic E-state index is 0.0814. The van der Waals surface area contributed by atoms with Gasteiger partial charge in [-0.1, -0.05) is 13.3 Å². The SMILES string of the molecule is CCCC(CCO)CNC(=O)c1n[nH]c2ccc([N+](=O)[O-])cc12. The van der Waals surface area contributed by atoms with Gasteiger partial charge in [-0.15, -0.1) is 0 Å².